The molecule has 3 rings (SSSR count). The molecule has 0 aliphatic carbocycles. The van der Waals surface area contributed by atoms with Gasteiger partial charge in [0.05, 0.1) is 23.3 Å². The fourth-order valence-corrected chi connectivity index (χ4v) is 4.14. The highest BCUT2D eigenvalue weighted by Gasteiger charge is 2.20. The predicted octanol–water partition coefficient (Wildman–Crippen LogP) is 2.70. The van der Waals surface area contributed by atoms with E-state index in [0.29, 0.717) is 30.9 Å². The third-order valence-electron chi connectivity index (χ3n) is 4.29. The maximum absolute atomic E-state index is 13.9. The van der Waals surface area contributed by atoms with E-state index >= 15 is 0 Å². The number of piperazine rings is 1. The van der Waals surface area contributed by atoms with Crippen LogP contribution in [0.2, 0.25) is 0 Å². The van der Waals surface area contributed by atoms with Crippen molar-refractivity contribution in [3.8, 4) is 0 Å². The Morgan fingerprint density at radius 1 is 1.08 bits per heavy atom. The number of benzene rings is 1. The molecule has 0 saturated carbocycles. The monoisotopic (exact) mass is 378 g/mol. The second-order valence-corrected chi connectivity index (χ2v) is 8.09. The predicted molar refractivity (Wildman–Crippen MR) is 103 cm³/mol. The molecule has 1 aliphatic rings. The van der Waals surface area contributed by atoms with Crippen molar-refractivity contribution in [2.75, 3.05) is 46.5 Å². The highest BCUT2D eigenvalue weighted by Crippen LogP contribution is 2.22. The number of aromatic nitrogens is 1. The number of hydrogen-bond donors (Lipinski definition) is 1. The van der Waals surface area contributed by atoms with E-state index in [4.69, 9.17) is 0 Å². The zero-order valence-electron chi connectivity index (χ0n) is 14.7. The van der Waals surface area contributed by atoms with E-state index in [2.05, 4.69) is 14.6 Å². The Hall–Kier alpha value is -2.35. The molecule has 0 bridgehead atoms. The molecule has 1 fully saturated rings. The first kappa shape index (κ1) is 18.4. The van der Waals surface area contributed by atoms with Crippen LogP contribution in [0.5, 0.6) is 0 Å². The first-order valence-electron chi connectivity index (χ1n) is 8.69. The maximum atomic E-state index is 13.9. The molecule has 2 heterocycles. The molecule has 1 saturated heterocycles. The lowest BCUT2D eigenvalue weighted by molar-refractivity contribution is 0.596. The second kappa shape index (κ2) is 7.90. The van der Waals surface area contributed by atoms with E-state index in [-0.39, 0.29) is 11.6 Å². The van der Waals surface area contributed by atoms with Crippen LogP contribution in [0.4, 0.5) is 21.6 Å². The molecule has 26 heavy (non-hydrogen) atoms. The molecule has 1 N–H and O–H groups in total. The molecule has 1 aromatic carbocycles. The Morgan fingerprint density at radius 3 is 2.38 bits per heavy atom. The number of halogens is 1. The number of hydrogen-bond acceptors (Lipinski definition) is 5. The fraction of sp³-hybridized carbons (Fsp3) is 0.389. The highest BCUT2D eigenvalue weighted by molar-refractivity contribution is 7.92. The average Bonchev–Trinajstić information content (AvgIpc) is 2.63. The molecule has 0 amide bonds. The second-order valence-electron chi connectivity index (χ2n) is 6.25. The van der Waals surface area contributed by atoms with Gasteiger partial charge in [-0.3, -0.25) is 4.72 Å². The number of anilines is 3. The summed E-state index contributed by atoms with van der Waals surface area (Å²) in [7, 11) is -3.31. The minimum absolute atomic E-state index is 0.0900. The van der Waals surface area contributed by atoms with Gasteiger partial charge < -0.3 is 9.80 Å². The topological polar surface area (TPSA) is 65.5 Å². The fourth-order valence-electron chi connectivity index (χ4n) is 3.02. The van der Waals surface area contributed by atoms with Gasteiger partial charge >= 0.3 is 0 Å². The van der Waals surface area contributed by atoms with Gasteiger partial charge in [-0.25, -0.2) is 17.8 Å². The molecular formula is C18H23FN4O2S. The molecule has 0 spiro atoms. The summed E-state index contributed by atoms with van der Waals surface area (Å²) in [5.41, 5.74) is 1.09. The van der Waals surface area contributed by atoms with Crippen LogP contribution in [0.3, 0.4) is 0 Å². The van der Waals surface area contributed by atoms with Crippen molar-refractivity contribution in [1.82, 2.24) is 4.98 Å². The van der Waals surface area contributed by atoms with Crippen molar-refractivity contribution in [2.24, 2.45) is 0 Å². The summed E-state index contributed by atoms with van der Waals surface area (Å²) in [6.07, 6.45) is 2.10. The van der Waals surface area contributed by atoms with Crippen molar-refractivity contribution < 1.29 is 12.8 Å². The van der Waals surface area contributed by atoms with Gasteiger partial charge in [-0.05, 0) is 30.7 Å². The van der Waals surface area contributed by atoms with E-state index in [9.17, 15) is 12.8 Å². The largest absolute Gasteiger partial charge is 0.366 e. The molecule has 1 aliphatic heterocycles. The Balaban J connectivity index is 1.60. The van der Waals surface area contributed by atoms with Gasteiger partial charge in [-0.1, -0.05) is 19.1 Å². The molecule has 1 aromatic heterocycles. The third-order valence-corrected chi connectivity index (χ3v) is 5.78. The van der Waals surface area contributed by atoms with Gasteiger partial charge in [0.15, 0.2) is 0 Å². The molecular weight excluding hydrogens is 355 g/mol. The first-order chi connectivity index (χ1) is 12.5. The van der Waals surface area contributed by atoms with Crippen LogP contribution in [-0.4, -0.2) is 45.3 Å². The van der Waals surface area contributed by atoms with Crippen LogP contribution in [0, 0.1) is 5.82 Å². The lowest BCUT2D eigenvalue weighted by Gasteiger charge is -2.36. The number of para-hydroxylation sites is 1. The molecule has 0 unspecified atom stereocenters. The van der Waals surface area contributed by atoms with Gasteiger partial charge in [-0.15, -0.1) is 0 Å². The van der Waals surface area contributed by atoms with Crippen LogP contribution >= 0.6 is 0 Å². The molecule has 0 radical (unpaired) electrons. The Bertz CT molecular complexity index is 835. The molecule has 0 atom stereocenters. The van der Waals surface area contributed by atoms with Gasteiger partial charge in [0.25, 0.3) is 0 Å². The average molecular weight is 378 g/mol. The van der Waals surface area contributed by atoms with E-state index in [1.807, 2.05) is 24.0 Å². The molecule has 6 nitrogen and oxygen atoms in total. The van der Waals surface area contributed by atoms with Gasteiger partial charge in [0, 0.05) is 26.2 Å². The van der Waals surface area contributed by atoms with Gasteiger partial charge in [0.2, 0.25) is 10.0 Å². The van der Waals surface area contributed by atoms with E-state index in [1.54, 1.807) is 18.2 Å². The van der Waals surface area contributed by atoms with Crippen molar-refractivity contribution in [3.05, 3.63) is 48.4 Å². The summed E-state index contributed by atoms with van der Waals surface area (Å²) in [5.74, 6) is 0.673. The standard InChI is InChI=1S/C18H23FN4O2S/c1-2-13-26(24,25)21-15-7-8-18(20-14-15)23-11-9-22(10-12-23)17-6-4-3-5-16(17)19/h3-8,14,21H,2,9-13H2,1H3. The van der Waals surface area contributed by atoms with E-state index in [0.717, 1.165) is 18.9 Å². The Morgan fingerprint density at radius 2 is 1.77 bits per heavy atom. The zero-order valence-corrected chi connectivity index (χ0v) is 15.5. The van der Waals surface area contributed by atoms with Gasteiger partial charge in [0.1, 0.15) is 11.6 Å². The Kier molecular flexibility index (Phi) is 5.61. The lowest BCUT2D eigenvalue weighted by Crippen LogP contribution is -2.47. The van der Waals surface area contributed by atoms with E-state index < -0.39 is 10.0 Å². The number of pyridine rings is 1. The minimum Gasteiger partial charge on any atom is -0.366 e. The van der Waals surface area contributed by atoms with Crippen molar-refractivity contribution in [1.29, 1.82) is 0 Å². The van der Waals surface area contributed by atoms with Crippen LogP contribution in [0.1, 0.15) is 13.3 Å². The van der Waals surface area contributed by atoms with Crippen molar-refractivity contribution in [2.45, 2.75) is 13.3 Å². The highest BCUT2D eigenvalue weighted by atomic mass is 32.2. The summed E-state index contributed by atoms with van der Waals surface area (Å²) in [5, 5.41) is 0. The summed E-state index contributed by atoms with van der Waals surface area (Å²) in [6.45, 7) is 4.67. The first-order valence-corrected chi connectivity index (χ1v) is 10.3. The zero-order chi connectivity index (χ0) is 18.6. The number of nitrogens with one attached hydrogen (secondary N) is 1. The van der Waals surface area contributed by atoms with Crippen molar-refractivity contribution >= 4 is 27.2 Å². The minimum atomic E-state index is -3.31. The number of sulfonamides is 1. The lowest BCUT2D eigenvalue weighted by atomic mass is 10.2. The molecule has 8 heteroatoms. The van der Waals surface area contributed by atoms with Crippen LogP contribution in [-0.2, 0) is 10.0 Å². The van der Waals surface area contributed by atoms with E-state index in [1.165, 1.54) is 12.3 Å². The summed E-state index contributed by atoms with van der Waals surface area (Å²) < 4.78 is 40.0. The van der Waals surface area contributed by atoms with Crippen LogP contribution in [0.15, 0.2) is 42.6 Å². The molecule has 140 valence electrons. The van der Waals surface area contributed by atoms with Crippen LogP contribution in [0.25, 0.3) is 0 Å². The van der Waals surface area contributed by atoms with Gasteiger partial charge in [-0.2, -0.15) is 0 Å². The number of nitrogens with zero attached hydrogens (tertiary/aromatic N) is 3. The normalized spacial score (nSPS) is 15.2. The smallest absolute Gasteiger partial charge is 0.232 e. The summed E-state index contributed by atoms with van der Waals surface area (Å²) in [4.78, 5) is 8.51. The number of rotatable bonds is 6. The Labute approximate surface area is 153 Å². The third kappa shape index (κ3) is 4.43. The van der Waals surface area contributed by atoms with Crippen molar-refractivity contribution in [3.63, 3.8) is 0 Å². The maximum Gasteiger partial charge on any atom is 0.232 e. The van der Waals surface area contributed by atoms with Crippen LogP contribution < -0.4 is 14.5 Å². The quantitative estimate of drug-likeness (QED) is 0.837. The molecule has 2 aromatic rings. The summed E-state index contributed by atoms with van der Waals surface area (Å²) in [6, 6.07) is 10.3. The summed E-state index contributed by atoms with van der Waals surface area (Å²) >= 11 is 0. The SMILES string of the molecule is CCCS(=O)(=O)Nc1ccc(N2CCN(c3ccccc3F)CC2)nc1.